The maximum absolute atomic E-state index is 13.6. The number of rotatable bonds is 10. The van der Waals surface area contributed by atoms with Crippen molar-refractivity contribution in [2.24, 2.45) is 35.1 Å². The molecule has 18 nitrogen and oxygen atoms in total. The van der Waals surface area contributed by atoms with E-state index in [1.165, 1.54) is 35.1 Å². The number of terminal acetylenes is 1. The molecule has 2 fully saturated rings. The molecule has 21 radical (unpaired) electrons. The highest BCUT2D eigenvalue weighted by atomic mass is 16.4. The fraction of sp³-hybridized carbons (Fsp3) is 0.391. The van der Waals surface area contributed by atoms with Crippen LogP contribution in [0.1, 0.15) is 53.1 Å². The first-order chi connectivity index (χ1) is 37.6. The molecule has 387 valence electrons. The van der Waals surface area contributed by atoms with Crippen molar-refractivity contribution in [2.45, 2.75) is 62.3 Å². The average Bonchev–Trinajstić information content (AvgIpc) is 2.52. The molecule has 8 rings (SSSR count). The fourth-order valence-electron chi connectivity index (χ4n) is 11.8. The number of benzene rings is 2. The van der Waals surface area contributed by atoms with Crippen LogP contribution < -0.4 is 11.5 Å². The Morgan fingerprint density at radius 3 is 1.32 bits per heavy atom. The maximum atomic E-state index is 13.6. The number of Topliss-reactive ketones (excluding diaryl/α,β-unsaturated/α-hetero) is 4. The van der Waals surface area contributed by atoms with Crippen LogP contribution >= 0.6 is 0 Å². The third-order valence-corrected chi connectivity index (χ3v) is 15.8. The Morgan fingerprint density at radius 1 is 0.654 bits per heavy atom. The molecule has 0 heterocycles. The fourth-order valence-corrected chi connectivity index (χ4v) is 11.8. The zero-order chi connectivity index (χ0) is 61.6. The van der Waals surface area contributed by atoms with E-state index < -0.39 is 148 Å². The summed E-state index contributed by atoms with van der Waals surface area (Å²) in [4.78, 5) is 80.0. The molecule has 6 aliphatic rings. The summed E-state index contributed by atoms with van der Waals surface area (Å²) in [6.07, 6.45) is 3.55. The summed E-state index contributed by atoms with van der Waals surface area (Å²) in [5.74, 6) is -10.7. The first-order valence-corrected chi connectivity index (χ1v) is 25.4. The number of carbonyl (C=O) groups excluding carboxylic acids is 6. The Kier molecular flexibility index (Phi) is 20.8. The number of hydrogen-bond acceptors (Lipinski definition) is 16. The van der Waals surface area contributed by atoms with Gasteiger partial charge in [0.2, 0.25) is 11.6 Å². The van der Waals surface area contributed by atoms with E-state index in [1.807, 2.05) is 6.92 Å². The van der Waals surface area contributed by atoms with Crippen molar-refractivity contribution in [2.75, 3.05) is 28.2 Å². The van der Waals surface area contributed by atoms with Gasteiger partial charge in [-0.1, -0.05) is 18.9 Å². The van der Waals surface area contributed by atoms with Gasteiger partial charge in [0.05, 0.1) is 23.2 Å². The molecule has 2 saturated carbocycles. The number of phenolic OH excluding ortho intramolecular Hbond substituents is 2. The second-order valence-electron chi connectivity index (χ2n) is 21.2. The van der Waals surface area contributed by atoms with E-state index in [0.29, 0.717) is 29.5 Å². The highest BCUT2D eigenvalue weighted by molar-refractivity contribution is 7.94. The minimum atomic E-state index is -2.65. The monoisotopic (exact) mass is 1070 g/mol. The van der Waals surface area contributed by atoms with Gasteiger partial charge in [0.25, 0.3) is 11.8 Å². The zero-order valence-corrected chi connectivity index (χ0v) is 45.3. The molecule has 8 atom stereocenters. The first kappa shape index (κ1) is 66.1. The highest BCUT2D eigenvalue weighted by Crippen LogP contribution is 2.55. The van der Waals surface area contributed by atoms with Gasteiger partial charge in [-0.2, -0.15) is 0 Å². The van der Waals surface area contributed by atoms with Gasteiger partial charge in [-0.3, -0.25) is 38.6 Å². The molecule has 12 N–H and O–H groups in total. The lowest BCUT2D eigenvalue weighted by atomic mass is 8.64. The van der Waals surface area contributed by atoms with Crippen LogP contribution in [0.5, 0.6) is 11.5 Å². The van der Waals surface area contributed by atoms with Gasteiger partial charge in [0, 0.05) is 151 Å². The summed E-state index contributed by atoms with van der Waals surface area (Å²) in [6, 6.07) is 3.80. The molecular formula is C46H48B17N4O14. The van der Waals surface area contributed by atoms with Gasteiger partial charge in [0.15, 0.2) is 22.8 Å². The number of likely N-dealkylation sites (N-methyl/N-ethyl adjacent to an activating group) is 2. The Labute approximate surface area is 487 Å². The van der Waals surface area contributed by atoms with E-state index in [-0.39, 0.29) is 59.4 Å². The summed E-state index contributed by atoms with van der Waals surface area (Å²) in [6.45, 7) is 1.93. The van der Waals surface area contributed by atoms with Crippen LogP contribution in [0.25, 0.3) is 11.5 Å². The molecule has 0 aliphatic heterocycles. The minimum Gasteiger partial charge on any atom is -0.508 e. The van der Waals surface area contributed by atoms with E-state index in [1.54, 1.807) is 34.3 Å². The number of aromatic hydroxyl groups is 2. The predicted octanol–water partition coefficient (Wildman–Crippen LogP) is -6.00. The average molecular weight is 1060 g/mol. The van der Waals surface area contributed by atoms with Crippen molar-refractivity contribution in [1.29, 1.82) is 0 Å². The molecular weight excluding hydrogens is 1020 g/mol. The van der Waals surface area contributed by atoms with Gasteiger partial charge in [0.1, 0.15) is 45.7 Å². The molecule has 2 aromatic carbocycles. The van der Waals surface area contributed by atoms with Crippen LogP contribution in [-0.4, -0.2) is 260 Å². The predicted molar refractivity (Wildman–Crippen MR) is 324 cm³/mol. The molecule has 0 saturated heterocycles. The SMILES string of the molecule is C#Cc1ccc(O)c2c1C[C@H]1C[C@H]3[C@H](N(C)C)C(=O)C(C(N)=O)=C(O)[C@@]3(O)C(=O)C1=C2O.CCc1ccc(O)c2c1C[C@H]1C[C@H]3[C@H](N(C)C)C(=O)C(C(N)=O)=C(O)[C@@]3(O)C(=O)C1=C2O.[B]B([B])B([B])B([B])[B].[B][B]B(B([B])[B])B([B])[B]. The van der Waals surface area contributed by atoms with Crippen molar-refractivity contribution in [1.82, 2.24) is 9.80 Å². The summed E-state index contributed by atoms with van der Waals surface area (Å²) >= 11 is 0. The number of phenols is 2. The van der Waals surface area contributed by atoms with Crippen molar-refractivity contribution in [3.8, 4) is 23.8 Å². The number of ketones is 4. The molecule has 81 heavy (non-hydrogen) atoms. The summed E-state index contributed by atoms with van der Waals surface area (Å²) in [7, 11) is 59.5. The molecule has 0 spiro atoms. The molecule has 0 bridgehead atoms. The topological polar surface area (TPSA) is 323 Å². The Hall–Kier alpha value is -5.68. The largest absolute Gasteiger partial charge is 0.508 e. The first-order valence-electron chi connectivity index (χ1n) is 25.4. The standard InChI is InChI=1S/C23H26N2O7.C23H22N2O7.B9.B8/c2*1-4-9-5-6-13(26)15-11(9)7-10-8-12-17(25(2)3)19(28)16(22(24)31)21(30)23(12,32)20(29)14(10)18(15)27;1-6-9(7(2)3)8(4)5;1-6(2)8(5)7(3)4/h5-6,10,12,17,26-27,30,32H,4,7-8H2,1-3H3,(H2,24,31);1,5-6,10,12,17,26-27,30,32H,7-8H2,2-3H3,(H2,24,31);;/t2*10-,12-,17-,23-;;/m00../s1. The molecule has 0 unspecified atom stereocenters. The number of aryl methyl sites for hydroxylation is 1. The van der Waals surface area contributed by atoms with Gasteiger partial charge in [-0.05, 0) is 107 Å². The van der Waals surface area contributed by atoms with Crippen LogP contribution in [0.2, 0.25) is 0 Å². The minimum absolute atomic E-state index is 0.0169. The Balaban J connectivity index is 0.000000232. The molecule has 35 heteroatoms. The normalized spacial score (nSPS) is 25.0. The van der Waals surface area contributed by atoms with Crippen molar-refractivity contribution < 1.29 is 69.6 Å². The lowest BCUT2D eigenvalue weighted by molar-refractivity contribution is -0.155. The highest BCUT2D eigenvalue weighted by Gasteiger charge is 2.66. The van der Waals surface area contributed by atoms with Crippen LogP contribution in [-0.2, 0) is 48.0 Å². The second-order valence-corrected chi connectivity index (χ2v) is 21.2. The lowest BCUT2D eigenvalue weighted by Gasteiger charge is -2.50. The lowest BCUT2D eigenvalue weighted by Crippen LogP contribution is -2.65. The van der Waals surface area contributed by atoms with Crippen molar-refractivity contribution in [3.63, 3.8) is 0 Å². The summed E-state index contributed by atoms with van der Waals surface area (Å²) in [5, 5.41) is 87.2. The van der Waals surface area contributed by atoms with E-state index >= 15 is 0 Å². The third kappa shape index (κ3) is 11.7. The van der Waals surface area contributed by atoms with Gasteiger partial charge >= 0.3 is 0 Å². The zero-order valence-electron chi connectivity index (χ0n) is 45.3. The molecule has 0 aromatic heterocycles. The number of nitrogens with two attached hydrogens (primary N) is 2. The third-order valence-electron chi connectivity index (χ3n) is 15.8. The van der Waals surface area contributed by atoms with Crippen LogP contribution in [0.15, 0.2) is 58.1 Å². The van der Waals surface area contributed by atoms with Crippen LogP contribution in [0.4, 0.5) is 0 Å². The van der Waals surface area contributed by atoms with E-state index in [2.05, 4.69) is 5.92 Å². The molecule has 6 aliphatic carbocycles. The number of primary amides is 2. The number of aliphatic hydroxyl groups excluding tert-OH is 4. The van der Waals surface area contributed by atoms with Crippen molar-refractivity contribution >= 4 is 169 Å². The Morgan fingerprint density at radius 2 is 1.02 bits per heavy atom. The number of aliphatic hydroxyl groups is 6. The Bertz CT molecular complexity index is 3080. The smallest absolute Gasteiger partial charge is 0.255 e. The van der Waals surface area contributed by atoms with E-state index in [0.717, 1.165) is 5.56 Å². The number of carbonyl (C=O) groups is 6. The van der Waals surface area contributed by atoms with Gasteiger partial charge in [-0.15, -0.1) is 6.42 Å². The number of nitrogens with zero attached hydrogens (tertiary/aromatic N) is 2. The summed E-state index contributed by atoms with van der Waals surface area (Å²) < 4.78 is 0. The van der Waals surface area contributed by atoms with E-state index in [4.69, 9.17) is 95.3 Å². The number of fused-ring (bicyclic) bond motifs is 6. The molecule has 2 amide bonds. The second kappa shape index (κ2) is 25.4. The van der Waals surface area contributed by atoms with Crippen molar-refractivity contribution in [3.05, 3.63) is 91.5 Å². The molecule has 2 aromatic rings. The maximum Gasteiger partial charge on any atom is 0.255 e. The van der Waals surface area contributed by atoms with Gasteiger partial charge in [-0.25, -0.2) is 0 Å². The van der Waals surface area contributed by atoms with Crippen LogP contribution in [0.3, 0.4) is 0 Å². The quantitative estimate of drug-likeness (QED) is 0.0602. The number of hydrogen-bond donors (Lipinski definition) is 10. The summed E-state index contributed by atoms with van der Waals surface area (Å²) in [5.41, 5.74) is 5.93. The van der Waals surface area contributed by atoms with E-state index in [9.17, 15) is 69.6 Å². The van der Waals surface area contributed by atoms with Crippen LogP contribution in [0, 0.1) is 36.0 Å². The number of amides is 2. The van der Waals surface area contributed by atoms with Gasteiger partial charge < -0.3 is 52.3 Å².